The third kappa shape index (κ3) is 48.8. The van der Waals surface area contributed by atoms with Crippen molar-refractivity contribution in [3.63, 3.8) is 0 Å². The highest BCUT2D eigenvalue weighted by Crippen LogP contribution is 2.13. The van der Waals surface area contributed by atoms with Gasteiger partial charge in [0.05, 0.1) is 6.42 Å². The smallest absolute Gasteiger partial charge is 0.310 e. The van der Waals surface area contributed by atoms with Gasteiger partial charge < -0.3 is 14.2 Å². The minimum Gasteiger partial charge on any atom is -0.462 e. The zero-order valence-electron chi connectivity index (χ0n) is 41.0. The maximum absolute atomic E-state index is 12.7. The zero-order chi connectivity index (χ0) is 46.5. The average molecular weight is 885 g/mol. The molecule has 0 heterocycles. The molecular weight excluding hydrogens is 793 g/mol. The van der Waals surface area contributed by atoms with Crippen molar-refractivity contribution >= 4 is 17.9 Å². The van der Waals surface area contributed by atoms with Gasteiger partial charge in [-0.3, -0.25) is 14.4 Å². The van der Waals surface area contributed by atoms with E-state index in [2.05, 4.69) is 118 Å². The Labute approximate surface area is 392 Å². The molecule has 0 bridgehead atoms. The molecule has 0 aliphatic heterocycles. The molecular formula is C58H92O6. The predicted octanol–water partition coefficient (Wildman–Crippen LogP) is 16.9. The molecule has 0 radical (unpaired) electrons. The number of ether oxygens (including phenoxy) is 3. The predicted molar refractivity (Wildman–Crippen MR) is 274 cm³/mol. The summed E-state index contributed by atoms with van der Waals surface area (Å²) in [6, 6.07) is 0. The minimum absolute atomic E-state index is 0.0771. The van der Waals surface area contributed by atoms with Crippen LogP contribution in [-0.4, -0.2) is 37.2 Å². The van der Waals surface area contributed by atoms with E-state index in [1.165, 1.54) is 83.5 Å². The Hall–Kier alpha value is -4.19. The Balaban J connectivity index is 4.58. The Bertz CT molecular complexity index is 1390. The summed E-state index contributed by atoms with van der Waals surface area (Å²) in [4.78, 5) is 37.9. The van der Waals surface area contributed by atoms with E-state index in [0.29, 0.717) is 19.3 Å². The molecule has 1 atom stereocenters. The normalized spacial score (nSPS) is 13.1. The Morgan fingerprint density at radius 3 is 1.12 bits per heavy atom. The van der Waals surface area contributed by atoms with E-state index in [1.807, 2.05) is 18.2 Å². The fourth-order valence-electron chi connectivity index (χ4n) is 6.47. The Kier molecular flexibility index (Phi) is 48.1. The summed E-state index contributed by atoms with van der Waals surface area (Å²) in [6.45, 7) is 6.23. The minimum atomic E-state index is -0.865. The van der Waals surface area contributed by atoms with Gasteiger partial charge in [-0.15, -0.1) is 0 Å². The van der Waals surface area contributed by atoms with E-state index in [0.717, 1.165) is 70.6 Å². The molecule has 6 heteroatoms. The van der Waals surface area contributed by atoms with Crippen LogP contribution in [0.1, 0.15) is 207 Å². The van der Waals surface area contributed by atoms with E-state index in [-0.39, 0.29) is 38.0 Å². The average Bonchev–Trinajstić information content (AvgIpc) is 3.29. The van der Waals surface area contributed by atoms with Crippen molar-refractivity contribution in [2.75, 3.05) is 13.2 Å². The SMILES string of the molecule is CC/C=C\C/C=C\C/C=C\C/C=C\C/C=C\CC(=O)OC(COC(=O)CC/C=C\C/C=C\C/C=C\C/C=C\CC)COC(=O)CCCCCCCCC/C=C\CCCCCCCCC. The number of allylic oxidation sites excluding steroid dienone is 19. The van der Waals surface area contributed by atoms with Crippen molar-refractivity contribution < 1.29 is 28.6 Å². The third-order valence-corrected chi connectivity index (χ3v) is 10.2. The van der Waals surface area contributed by atoms with Crippen LogP contribution in [0.2, 0.25) is 0 Å². The number of carbonyl (C=O) groups is 3. The summed E-state index contributed by atoms with van der Waals surface area (Å²) in [5, 5.41) is 0. The second kappa shape index (κ2) is 51.4. The molecule has 0 amide bonds. The summed E-state index contributed by atoms with van der Waals surface area (Å²) in [7, 11) is 0. The van der Waals surface area contributed by atoms with E-state index in [1.54, 1.807) is 6.08 Å². The lowest BCUT2D eigenvalue weighted by Crippen LogP contribution is -2.30. The van der Waals surface area contributed by atoms with E-state index in [9.17, 15) is 14.4 Å². The molecule has 0 aliphatic rings. The van der Waals surface area contributed by atoms with Crippen molar-refractivity contribution in [3.05, 3.63) is 122 Å². The lowest BCUT2D eigenvalue weighted by molar-refractivity contribution is -0.166. The number of rotatable bonds is 44. The molecule has 360 valence electrons. The van der Waals surface area contributed by atoms with Crippen molar-refractivity contribution in [3.8, 4) is 0 Å². The van der Waals surface area contributed by atoms with Crippen LogP contribution in [0.15, 0.2) is 122 Å². The lowest BCUT2D eigenvalue weighted by Gasteiger charge is -2.18. The first kappa shape index (κ1) is 59.8. The highest BCUT2D eigenvalue weighted by atomic mass is 16.6. The van der Waals surface area contributed by atoms with E-state index in [4.69, 9.17) is 14.2 Å². The van der Waals surface area contributed by atoms with Gasteiger partial charge in [0, 0.05) is 12.8 Å². The first-order valence-corrected chi connectivity index (χ1v) is 25.5. The quantitative estimate of drug-likeness (QED) is 0.0262. The van der Waals surface area contributed by atoms with Crippen LogP contribution in [0, 0.1) is 0 Å². The first-order valence-electron chi connectivity index (χ1n) is 25.5. The van der Waals surface area contributed by atoms with Crippen molar-refractivity contribution in [2.45, 2.75) is 213 Å². The van der Waals surface area contributed by atoms with Gasteiger partial charge in [0.1, 0.15) is 13.2 Å². The summed E-state index contributed by atoms with van der Waals surface area (Å²) in [5.41, 5.74) is 0. The van der Waals surface area contributed by atoms with Crippen LogP contribution in [0.25, 0.3) is 0 Å². The molecule has 0 N–H and O–H groups in total. The Morgan fingerprint density at radius 1 is 0.344 bits per heavy atom. The molecule has 0 aromatic carbocycles. The molecule has 0 aromatic heterocycles. The standard InChI is InChI=1S/C58H92O6/c1-4-7-10-13-16-19-22-25-27-28-29-31-33-36-39-42-45-48-51-57(60)63-54-55(53-62-56(59)50-47-44-41-38-35-32-24-21-18-15-12-9-6-3)64-58(61)52-49-46-43-40-37-34-30-26-23-20-17-14-11-8-5-2/h8-9,11-12,17-18,20-21,26-28,30,32,35,37,40-41,44,46,49,55H,4-7,10,13-16,19,22-25,29,31,33-34,36,38-39,42-43,45,47-48,50-54H2,1-3H3/b11-8-,12-9-,20-17-,21-18-,28-27-,30-26-,35-32-,40-37-,44-41-,49-46-. The highest BCUT2D eigenvalue weighted by Gasteiger charge is 2.19. The van der Waals surface area contributed by atoms with Gasteiger partial charge in [-0.05, 0) is 96.3 Å². The van der Waals surface area contributed by atoms with Crippen molar-refractivity contribution in [1.29, 1.82) is 0 Å². The van der Waals surface area contributed by atoms with Crippen molar-refractivity contribution in [1.82, 2.24) is 0 Å². The number of carbonyl (C=O) groups excluding carboxylic acids is 3. The molecule has 0 aliphatic carbocycles. The molecule has 0 aromatic rings. The fraction of sp³-hybridized carbons (Fsp3) is 0.603. The van der Waals surface area contributed by atoms with Crippen molar-refractivity contribution in [2.24, 2.45) is 0 Å². The highest BCUT2D eigenvalue weighted by molar-refractivity contribution is 5.72. The molecule has 0 saturated heterocycles. The summed E-state index contributed by atoms with van der Waals surface area (Å²) in [6.07, 6.45) is 70.8. The number of hydrogen-bond acceptors (Lipinski definition) is 6. The third-order valence-electron chi connectivity index (χ3n) is 10.2. The molecule has 0 spiro atoms. The Morgan fingerprint density at radius 2 is 0.688 bits per heavy atom. The maximum Gasteiger partial charge on any atom is 0.310 e. The number of esters is 3. The van der Waals surface area contributed by atoms with Gasteiger partial charge in [0.15, 0.2) is 6.10 Å². The van der Waals surface area contributed by atoms with Gasteiger partial charge in [-0.1, -0.05) is 213 Å². The molecule has 0 fully saturated rings. The molecule has 64 heavy (non-hydrogen) atoms. The summed E-state index contributed by atoms with van der Waals surface area (Å²) < 4.78 is 16.6. The topological polar surface area (TPSA) is 78.9 Å². The van der Waals surface area contributed by atoms with Crippen LogP contribution >= 0.6 is 0 Å². The van der Waals surface area contributed by atoms with Gasteiger partial charge in [0.2, 0.25) is 0 Å². The number of hydrogen-bond donors (Lipinski definition) is 0. The van der Waals surface area contributed by atoms with Gasteiger partial charge in [-0.25, -0.2) is 0 Å². The van der Waals surface area contributed by atoms with Gasteiger partial charge >= 0.3 is 17.9 Å². The molecule has 0 saturated carbocycles. The fourth-order valence-corrected chi connectivity index (χ4v) is 6.47. The zero-order valence-corrected chi connectivity index (χ0v) is 41.0. The maximum atomic E-state index is 12.7. The summed E-state index contributed by atoms with van der Waals surface area (Å²) >= 11 is 0. The van der Waals surface area contributed by atoms with Gasteiger partial charge in [-0.2, -0.15) is 0 Å². The monoisotopic (exact) mass is 885 g/mol. The lowest BCUT2D eigenvalue weighted by atomic mass is 10.1. The molecule has 0 rings (SSSR count). The van der Waals surface area contributed by atoms with Crippen LogP contribution in [0.4, 0.5) is 0 Å². The van der Waals surface area contributed by atoms with E-state index < -0.39 is 12.1 Å². The summed E-state index contributed by atoms with van der Waals surface area (Å²) in [5.74, 6) is -1.17. The van der Waals surface area contributed by atoms with Crippen LogP contribution in [0.5, 0.6) is 0 Å². The first-order chi connectivity index (χ1) is 31.5. The molecule has 6 nitrogen and oxygen atoms in total. The van der Waals surface area contributed by atoms with Gasteiger partial charge in [0.25, 0.3) is 0 Å². The van der Waals surface area contributed by atoms with Crippen LogP contribution in [-0.2, 0) is 28.6 Å². The number of unbranched alkanes of at least 4 members (excludes halogenated alkanes) is 14. The second-order valence-electron chi connectivity index (χ2n) is 16.3. The largest absolute Gasteiger partial charge is 0.462 e. The van der Waals surface area contributed by atoms with E-state index >= 15 is 0 Å². The second-order valence-corrected chi connectivity index (χ2v) is 16.3. The molecule has 1 unspecified atom stereocenters. The van der Waals surface area contributed by atoms with Crippen LogP contribution < -0.4 is 0 Å². The van der Waals surface area contributed by atoms with Crippen LogP contribution in [0.3, 0.4) is 0 Å².